The summed E-state index contributed by atoms with van der Waals surface area (Å²) in [6.07, 6.45) is 25.5. The second-order valence-electron chi connectivity index (χ2n) is 11.1. The fourth-order valence-electron chi connectivity index (χ4n) is 6.53. The maximum atomic E-state index is 6.15. The summed E-state index contributed by atoms with van der Waals surface area (Å²) in [6.45, 7) is 5.52. The molecule has 2 atom stereocenters. The van der Waals surface area contributed by atoms with Crippen LogP contribution < -0.4 is 4.74 Å². The van der Waals surface area contributed by atoms with E-state index in [0.717, 1.165) is 36.0 Å². The van der Waals surface area contributed by atoms with Crippen LogP contribution >= 0.6 is 0 Å². The van der Waals surface area contributed by atoms with Gasteiger partial charge in [-0.25, -0.2) is 0 Å². The SMILES string of the molecule is CCCCCCC1CCCCC1CCCOc1ccc(C2CCC(CCCC)CC2)cc1. The first-order chi connectivity index (χ1) is 15.8. The molecule has 0 heterocycles. The highest BCUT2D eigenvalue weighted by Crippen LogP contribution is 2.38. The van der Waals surface area contributed by atoms with Gasteiger partial charge in [0.1, 0.15) is 5.75 Å². The molecule has 0 saturated heterocycles. The predicted octanol–water partition coefficient (Wildman–Crippen LogP) is 10.1. The van der Waals surface area contributed by atoms with Crippen molar-refractivity contribution in [2.24, 2.45) is 17.8 Å². The average Bonchev–Trinajstić information content (AvgIpc) is 2.85. The topological polar surface area (TPSA) is 9.23 Å². The summed E-state index contributed by atoms with van der Waals surface area (Å²) in [7, 11) is 0. The smallest absolute Gasteiger partial charge is 0.119 e. The minimum Gasteiger partial charge on any atom is -0.494 e. The standard InChI is InChI=1S/C31H52O/c1-3-5-7-8-13-27-14-9-10-15-28(27)16-11-25-32-31-23-21-30(22-24-31)29-19-17-26(18-20-29)12-6-4-2/h21-24,26-29H,3-20,25H2,1-2H3. The zero-order valence-corrected chi connectivity index (χ0v) is 21.5. The fraction of sp³-hybridized carbons (Fsp3) is 0.806. The quantitative estimate of drug-likeness (QED) is 0.261. The third kappa shape index (κ3) is 8.75. The second-order valence-corrected chi connectivity index (χ2v) is 11.1. The molecule has 2 fully saturated rings. The van der Waals surface area contributed by atoms with E-state index in [1.807, 2.05) is 0 Å². The summed E-state index contributed by atoms with van der Waals surface area (Å²) in [5, 5.41) is 0. The predicted molar refractivity (Wildman–Crippen MR) is 140 cm³/mol. The van der Waals surface area contributed by atoms with Gasteiger partial charge in [-0.05, 0) is 79.9 Å². The van der Waals surface area contributed by atoms with Gasteiger partial charge in [-0.3, -0.25) is 0 Å². The van der Waals surface area contributed by atoms with Crippen LogP contribution in [0, 0.1) is 17.8 Å². The molecule has 2 aliphatic rings. The first-order valence-electron chi connectivity index (χ1n) is 14.5. The lowest BCUT2D eigenvalue weighted by Crippen LogP contribution is -2.20. The van der Waals surface area contributed by atoms with Crippen molar-refractivity contribution in [3.63, 3.8) is 0 Å². The van der Waals surface area contributed by atoms with Crippen molar-refractivity contribution in [1.29, 1.82) is 0 Å². The minimum absolute atomic E-state index is 0.780. The van der Waals surface area contributed by atoms with Crippen molar-refractivity contribution in [2.45, 2.75) is 135 Å². The van der Waals surface area contributed by atoms with Crippen molar-refractivity contribution in [3.05, 3.63) is 29.8 Å². The van der Waals surface area contributed by atoms with Gasteiger partial charge in [0.15, 0.2) is 0 Å². The number of unbranched alkanes of at least 4 members (excludes halogenated alkanes) is 4. The van der Waals surface area contributed by atoms with E-state index < -0.39 is 0 Å². The van der Waals surface area contributed by atoms with E-state index >= 15 is 0 Å². The van der Waals surface area contributed by atoms with E-state index in [1.54, 1.807) is 5.56 Å². The summed E-state index contributed by atoms with van der Waals surface area (Å²) in [5.74, 6) is 4.81. The molecule has 0 aromatic heterocycles. The molecule has 1 aromatic rings. The molecule has 2 aliphatic carbocycles. The molecule has 1 heteroatoms. The van der Waals surface area contributed by atoms with Gasteiger partial charge < -0.3 is 4.74 Å². The Balaban J connectivity index is 1.33. The van der Waals surface area contributed by atoms with Gasteiger partial charge in [0.25, 0.3) is 0 Å². The van der Waals surface area contributed by atoms with E-state index in [0.29, 0.717) is 0 Å². The third-order valence-corrected chi connectivity index (χ3v) is 8.65. The van der Waals surface area contributed by atoms with Gasteiger partial charge in [0, 0.05) is 0 Å². The van der Waals surface area contributed by atoms with Gasteiger partial charge in [-0.2, -0.15) is 0 Å². The molecule has 2 saturated carbocycles. The molecule has 0 spiro atoms. The molecule has 1 aromatic carbocycles. The largest absolute Gasteiger partial charge is 0.494 e. The molecule has 3 rings (SSSR count). The van der Waals surface area contributed by atoms with Crippen LogP contribution in [0.5, 0.6) is 5.75 Å². The highest BCUT2D eigenvalue weighted by molar-refractivity contribution is 5.29. The van der Waals surface area contributed by atoms with Crippen LogP contribution in [0.2, 0.25) is 0 Å². The van der Waals surface area contributed by atoms with Crippen molar-refractivity contribution in [2.75, 3.05) is 6.61 Å². The van der Waals surface area contributed by atoms with Crippen LogP contribution in [0.15, 0.2) is 24.3 Å². The Morgan fingerprint density at radius 3 is 1.97 bits per heavy atom. The molecular formula is C31H52O. The summed E-state index contributed by atoms with van der Waals surface area (Å²) in [5.41, 5.74) is 1.54. The van der Waals surface area contributed by atoms with Crippen molar-refractivity contribution >= 4 is 0 Å². The number of hydrogen-bond acceptors (Lipinski definition) is 1. The molecular weight excluding hydrogens is 388 g/mol. The molecule has 182 valence electrons. The summed E-state index contributed by atoms with van der Waals surface area (Å²) in [6, 6.07) is 9.16. The lowest BCUT2D eigenvalue weighted by atomic mass is 9.74. The van der Waals surface area contributed by atoms with E-state index in [4.69, 9.17) is 4.74 Å². The number of ether oxygens (including phenoxy) is 1. The molecule has 0 radical (unpaired) electrons. The molecule has 0 amide bonds. The molecule has 0 aliphatic heterocycles. The van der Waals surface area contributed by atoms with E-state index in [1.165, 1.54) is 116 Å². The Morgan fingerprint density at radius 1 is 0.656 bits per heavy atom. The lowest BCUT2D eigenvalue weighted by Gasteiger charge is -2.32. The maximum absolute atomic E-state index is 6.15. The van der Waals surface area contributed by atoms with Gasteiger partial charge in [0.05, 0.1) is 6.61 Å². The van der Waals surface area contributed by atoms with Crippen molar-refractivity contribution in [1.82, 2.24) is 0 Å². The number of rotatable bonds is 14. The first kappa shape index (κ1) is 25.6. The van der Waals surface area contributed by atoms with Crippen LogP contribution in [0.1, 0.15) is 141 Å². The van der Waals surface area contributed by atoms with E-state index in [2.05, 4.69) is 38.1 Å². The van der Waals surface area contributed by atoms with Crippen LogP contribution in [-0.4, -0.2) is 6.61 Å². The Morgan fingerprint density at radius 2 is 1.31 bits per heavy atom. The summed E-state index contributed by atoms with van der Waals surface area (Å²) < 4.78 is 6.15. The van der Waals surface area contributed by atoms with Crippen LogP contribution in [0.4, 0.5) is 0 Å². The Kier molecular flexibility index (Phi) is 12.0. The molecule has 0 bridgehead atoms. The van der Waals surface area contributed by atoms with Gasteiger partial charge in [-0.15, -0.1) is 0 Å². The number of hydrogen-bond donors (Lipinski definition) is 0. The van der Waals surface area contributed by atoms with E-state index in [9.17, 15) is 0 Å². The summed E-state index contributed by atoms with van der Waals surface area (Å²) >= 11 is 0. The minimum atomic E-state index is 0.780. The van der Waals surface area contributed by atoms with Crippen LogP contribution in [0.25, 0.3) is 0 Å². The second kappa shape index (κ2) is 15.0. The monoisotopic (exact) mass is 440 g/mol. The maximum Gasteiger partial charge on any atom is 0.119 e. The Labute approximate surface area is 200 Å². The Bertz CT molecular complexity index is 583. The van der Waals surface area contributed by atoms with Gasteiger partial charge in [-0.1, -0.05) is 103 Å². The van der Waals surface area contributed by atoms with Crippen molar-refractivity contribution < 1.29 is 4.74 Å². The zero-order chi connectivity index (χ0) is 22.4. The summed E-state index contributed by atoms with van der Waals surface area (Å²) in [4.78, 5) is 0. The van der Waals surface area contributed by atoms with E-state index in [-0.39, 0.29) is 0 Å². The first-order valence-corrected chi connectivity index (χ1v) is 14.5. The van der Waals surface area contributed by atoms with Gasteiger partial charge in [0.2, 0.25) is 0 Å². The molecule has 32 heavy (non-hydrogen) atoms. The Hall–Kier alpha value is -0.980. The molecule has 0 N–H and O–H groups in total. The normalized spacial score (nSPS) is 26.2. The highest BCUT2D eigenvalue weighted by Gasteiger charge is 2.24. The average molecular weight is 441 g/mol. The van der Waals surface area contributed by atoms with Crippen LogP contribution in [-0.2, 0) is 0 Å². The van der Waals surface area contributed by atoms with Crippen molar-refractivity contribution in [3.8, 4) is 5.75 Å². The van der Waals surface area contributed by atoms with Gasteiger partial charge >= 0.3 is 0 Å². The molecule has 1 nitrogen and oxygen atoms in total. The lowest BCUT2D eigenvalue weighted by molar-refractivity contribution is 0.190. The fourth-order valence-corrected chi connectivity index (χ4v) is 6.53. The molecule has 2 unspecified atom stereocenters. The van der Waals surface area contributed by atoms with Crippen LogP contribution in [0.3, 0.4) is 0 Å². The number of benzene rings is 1. The third-order valence-electron chi connectivity index (χ3n) is 8.65. The highest BCUT2D eigenvalue weighted by atomic mass is 16.5. The zero-order valence-electron chi connectivity index (χ0n) is 21.5.